The molecule has 0 saturated carbocycles. The molecular formula is C37H42ClN3O5. The van der Waals surface area contributed by atoms with E-state index in [-0.39, 0.29) is 37.9 Å². The Hall–Kier alpha value is -3.98. The SMILES string of the molecule is C[C@@H](/C=C/CC(=O)N(CCO)Cc1ccccc1)[C@]1(O)C(=O)N(Cc2ccc(N3CCCCCCC3=O)cc2)c2ccc(Cl)cc21. The van der Waals surface area contributed by atoms with Gasteiger partial charge in [-0.15, -0.1) is 0 Å². The summed E-state index contributed by atoms with van der Waals surface area (Å²) in [5.41, 5.74) is 1.78. The van der Waals surface area contributed by atoms with Crippen molar-refractivity contribution < 1.29 is 24.6 Å². The first-order valence-corrected chi connectivity index (χ1v) is 16.4. The van der Waals surface area contributed by atoms with Crippen molar-refractivity contribution in [2.75, 3.05) is 29.5 Å². The largest absolute Gasteiger partial charge is 0.395 e. The number of anilines is 2. The first-order chi connectivity index (χ1) is 22.2. The molecule has 0 aliphatic carbocycles. The smallest absolute Gasteiger partial charge is 0.264 e. The molecule has 3 amide bonds. The van der Waals surface area contributed by atoms with Crippen LogP contribution in [0.1, 0.15) is 62.1 Å². The molecule has 2 N–H and O–H groups in total. The minimum absolute atomic E-state index is 0.0550. The van der Waals surface area contributed by atoms with Crippen molar-refractivity contribution >= 4 is 40.7 Å². The molecule has 2 aliphatic rings. The quantitative estimate of drug-likeness (QED) is 0.251. The van der Waals surface area contributed by atoms with Crippen LogP contribution in [0, 0.1) is 5.92 Å². The van der Waals surface area contributed by atoms with Gasteiger partial charge in [0.1, 0.15) is 0 Å². The second-order valence-corrected chi connectivity index (χ2v) is 12.6. The Balaban J connectivity index is 1.30. The maximum Gasteiger partial charge on any atom is 0.264 e. The molecular weight excluding hydrogens is 602 g/mol. The van der Waals surface area contributed by atoms with Crippen LogP contribution in [0.2, 0.25) is 5.02 Å². The molecule has 242 valence electrons. The van der Waals surface area contributed by atoms with Crippen LogP contribution in [0.3, 0.4) is 0 Å². The molecule has 3 aromatic rings. The van der Waals surface area contributed by atoms with Crippen LogP contribution in [0.25, 0.3) is 0 Å². The van der Waals surface area contributed by atoms with Crippen molar-refractivity contribution in [2.45, 2.75) is 64.1 Å². The predicted octanol–water partition coefficient (Wildman–Crippen LogP) is 5.98. The standard InChI is InChI=1S/C37H42ClN3O5/c1-27(10-9-14-34(43)39(22-23-42)25-28-11-5-4-6-12-28)37(46)32-24-30(38)17-20-33(32)41(36(37)45)26-29-15-18-31(19-16-29)40-21-8-3-2-7-13-35(40)44/h4-6,9-12,15-20,24,27,42,46H,2-3,7-8,13-14,21-23,25-26H2,1H3/b10-9+/t27-,37+/m0/s1. The van der Waals surface area contributed by atoms with E-state index in [1.54, 1.807) is 47.1 Å². The number of rotatable bonds is 11. The number of nitrogens with zero attached hydrogens (tertiary/aromatic N) is 3. The number of fused-ring (bicyclic) bond motifs is 1. The molecule has 8 nitrogen and oxygen atoms in total. The highest BCUT2D eigenvalue weighted by Gasteiger charge is 2.52. The lowest BCUT2D eigenvalue weighted by molar-refractivity contribution is -0.139. The molecule has 46 heavy (non-hydrogen) atoms. The molecule has 0 radical (unpaired) electrons. The molecule has 3 aromatic carbocycles. The number of aliphatic hydroxyl groups is 2. The van der Waals surface area contributed by atoms with Crippen LogP contribution in [0.15, 0.2) is 84.9 Å². The molecule has 2 atom stereocenters. The highest BCUT2D eigenvalue weighted by molar-refractivity contribution is 6.31. The molecule has 1 saturated heterocycles. The van der Waals surface area contributed by atoms with Gasteiger partial charge in [0.25, 0.3) is 5.91 Å². The van der Waals surface area contributed by atoms with Crippen LogP contribution in [-0.2, 0) is 33.1 Å². The summed E-state index contributed by atoms with van der Waals surface area (Å²) in [7, 11) is 0. The monoisotopic (exact) mass is 643 g/mol. The van der Waals surface area contributed by atoms with E-state index in [0.717, 1.165) is 42.5 Å². The van der Waals surface area contributed by atoms with Gasteiger partial charge in [-0.05, 0) is 54.3 Å². The molecule has 5 rings (SSSR count). The van der Waals surface area contributed by atoms with Crippen molar-refractivity contribution in [1.29, 1.82) is 0 Å². The number of halogens is 1. The van der Waals surface area contributed by atoms with Crippen molar-refractivity contribution in [1.82, 2.24) is 4.90 Å². The molecule has 9 heteroatoms. The lowest BCUT2D eigenvalue weighted by Gasteiger charge is -2.28. The highest BCUT2D eigenvalue weighted by Crippen LogP contribution is 2.46. The Morgan fingerprint density at radius 1 is 1.00 bits per heavy atom. The number of carbonyl (C=O) groups excluding carboxylic acids is 3. The lowest BCUT2D eigenvalue weighted by Crippen LogP contribution is -2.44. The summed E-state index contributed by atoms with van der Waals surface area (Å²) in [5, 5.41) is 21.9. The van der Waals surface area contributed by atoms with E-state index < -0.39 is 17.4 Å². The molecule has 0 aromatic heterocycles. The van der Waals surface area contributed by atoms with E-state index in [9.17, 15) is 24.6 Å². The first-order valence-electron chi connectivity index (χ1n) is 16.0. The van der Waals surface area contributed by atoms with Crippen LogP contribution in [0.5, 0.6) is 0 Å². The van der Waals surface area contributed by atoms with Gasteiger partial charge in [0.15, 0.2) is 5.60 Å². The number of carbonyl (C=O) groups is 3. The first kappa shape index (κ1) is 33.4. The van der Waals surface area contributed by atoms with Crippen LogP contribution in [-0.4, -0.2) is 52.5 Å². The summed E-state index contributed by atoms with van der Waals surface area (Å²) in [5.74, 6) is -1.17. The van der Waals surface area contributed by atoms with Crippen molar-refractivity contribution in [3.8, 4) is 0 Å². The van der Waals surface area contributed by atoms with Crippen LogP contribution >= 0.6 is 11.6 Å². The third-order valence-corrected chi connectivity index (χ3v) is 9.19. The van der Waals surface area contributed by atoms with E-state index in [1.165, 1.54) is 0 Å². The second-order valence-electron chi connectivity index (χ2n) is 12.1. The Bertz CT molecular complexity index is 1560. The van der Waals surface area contributed by atoms with E-state index >= 15 is 0 Å². The summed E-state index contributed by atoms with van der Waals surface area (Å²) in [6, 6.07) is 22.3. The van der Waals surface area contributed by atoms with Gasteiger partial charge in [-0.2, -0.15) is 0 Å². The van der Waals surface area contributed by atoms with Crippen molar-refractivity contribution in [3.05, 3.63) is 107 Å². The fraction of sp³-hybridized carbons (Fsp3) is 0.378. The van der Waals surface area contributed by atoms with Gasteiger partial charge < -0.3 is 24.9 Å². The zero-order valence-corrected chi connectivity index (χ0v) is 27.0. The van der Waals surface area contributed by atoms with Gasteiger partial charge in [0, 0.05) is 54.7 Å². The Morgan fingerprint density at radius 3 is 2.48 bits per heavy atom. The van der Waals surface area contributed by atoms with Crippen LogP contribution < -0.4 is 9.80 Å². The van der Waals surface area contributed by atoms with E-state index in [4.69, 9.17) is 11.6 Å². The molecule has 0 spiro atoms. The summed E-state index contributed by atoms with van der Waals surface area (Å²) in [6.45, 7) is 3.11. The number of amides is 3. The maximum atomic E-state index is 14.0. The number of aliphatic hydroxyl groups excluding tert-OH is 1. The Kier molecular flexibility index (Phi) is 10.9. The average Bonchev–Trinajstić information content (AvgIpc) is 3.25. The third kappa shape index (κ3) is 7.35. The van der Waals surface area contributed by atoms with Gasteiger partial charge in [-0.1, -0.05) is 86.0 Å². The zero-order chi connectivity index (χ0) is 32.7. The predicted molar refractivity (Wildman–Crippen MR) is 180 cm³/mol. The fourth-order valence-corrected chi connectivity index (χ4v) is 6.50. The Labute approximate surface area is 275 Å². The lowest BCUT2D eigenvalue weighted by atomic mass is 9.83. The number of hydrogen-bond donors (Lipinski definition) is 2. The topological polar surface area (TPSA) is 101 Å². The summed E-state index contributed by atoms with van der Waals surface area (Å²) < 4.78 is 0. The van der Waals surface area contributed by atoms with Gasteiger partial charge in [0.05, 0.1) is 18.8 Å². The summed E-state index contributed by atoms with van der Waals surface area (Å²) >= 11 is 6.35. The normalized spacial score (nSPS) is 19.2. The number of benzene rings is 3. The third-order valence-electron chi connectivity index (χ3n) is 8.96. The minimum atomic E-state index is -1.88. The maximum absolute atomic E-state index is 14.0. The molecule has 2 heterocycles. The van der Waals surface area contributed by atoms with Crippen molar-refractivity contribution in [3.63, 3.8) is 0 Å². The van der Waals surface area contributed by atoms with Crippen LogP contribution in [0.4, 0.5) is 11.4 Å². The number of hydrogen-bond acceptors (Lipinski definition) is 5. The minimum Gasteiger partial charge on any atom is -0.395 e. The van der Waals surface area contributed by atoms with E-state index in [2.05, 4.69) is 0 Å². The van der Waals surface area contributed by atoms with Gasteiger partial charge >= 0.3 is 0 Å². The summed E-state index contributed by atoms with van der Waals surface area (Å²) in [4.78, 5) is 44.8. The van der Waals surface area contributed by atoms with Gasteiger partial charge in [-0.3, -0.25) is 14.4 Å². The fourth-order valence-electron chi connectivity index (χ4n) is 6.33. The summed E-state index contributed by atoms with van der Waals surface area (Å²) in [6.07, 6.45) is 8.07. The highest BCUT2D eigenvalue weighted by atomic mass is 35.5. The average molecular weight is 644 g/mol. The molecule has 1 fully saturated rings. The second kappa shape index (κ2) is 15.1. The van der Waals surface area contributed by atoms with Gasteiger partial charge in [0.2, 0.25) is 11.8 Å². The van der Waals surface area contributed by atoms with Gasteiger partial charge in [-0.25, -0.2) is 0 Å². The van der Waals surface area contributed by atoms with Crippen molar-refractivity contribution in [2.24, 2.45) is 5.92 Å². The van der Waals surface area contributed by atoms with E-state index in [1.807, 2.05) is 59.5 Å². The van der Waals surface area contributed by atoms with E-state index in [0.29, 0.717) is 35.8 Å². The molecule has 0 unspecified atom stereocenters. The molecule has 2 aliphatic heterocycles. The zero-order valence-electron chi connectivity index (χ0n) is 26.3. The molecule has 0 bridgehead atoms. The Morgan fingerprint density at radius 2 is 1.74 bits per heavy atom.